The number of rotatable bonds is 8. The molecule has 2 aromatic carbocycles. The smallest absolute Gasteiger partial charge is 0.303 e. The molecular formula is C22H21FN2O5. The molecule has 1 saturated heterocycles. The Morgan fingerprint density at radius 3 is 2.33 bits per heavy atom. The van der Waals surface area contributed by atoms with Crippen molar-refractivity contribution in [1.29, 1.82) is 0 Å². The molecule has 1 N–H and O–H groups in total. The number of nitrogens with zero attached hydrogens (tertiary/aromatic N) is 2. The van der Waals surface area contributed by atoms with Gasteiger partial charge < -0.3 is 10.0 Å². The van der Waals surface area contributed by atoms with Crippen LogP contribution in [0.4, 0.5) is 10.1 Å². The van der Waals surface area contributed by atoms with Gasteiger partial charge in [-0.2, -0.15) is 0 Å². The molecular weight excluding hydrogens is 391 g/mol. The highest BCUT2D eigenvalue weighted by Gasteiger charge is 2.44. The van der Waals surface area contributed by atoms with E-state index in [2.05, 4.69) is 0 Å². The SMILES string of the molecule is O=C(O)CCC(=O)N(CCc1ccccc1)C1CC(=O)N(c2ccc(F)cc2)C1=O. The lowest BCUT2D eigenvalue weighted by Crippen LogP contribution is -2.46. The molecule has 0 bridgehead atoms. The lowest BCUT2D eigenvalue weighted by molar-refractivity contribution is -0.143. The number of hydrogen-bond acceptors (Lipinski definition) is 4. The van der Waals surface area contributed by atoms with Crippen LogP contribution in [0.1, 0.15) is 24.8 Å². The van der Waals surface area contributed by atoms with Crippen LogP contribution in [0, 0.1) is 5.82 Å². The zero-order valence-corrected chi connectivity index (χ0v) is 16.2. The Morgan fingerprint density at radius 2 is 1.70 bits per heavy atom. The van der Waals surface area contributed by atoms with Crippen LogP contribution in [-0.4, -0.2) is 46.3 Å². The molecule has 7 nitrogen and oxygen atoms in total. The van der Waals surface area contributed by atoms with Crippen molar-refractivity contribution in [1.82, 2.24) is 4.90 Å². The highest BCUT2D eigenvalue weighted by molar-refractivity contribution is 6.23. The van der Waals surface area contributed by atoms with E-state index in [9.17, 15) is 23.6 Å². The third-order valence-corrected chi connectivity index (χ3v) is 4.94. The molecule has 1 aliphatic heterocycles. The summed E-state index contributed by atoms with van der Waals surface area (Å²) in [5.41, 5.74) is 1.18. The zero-order valence-electron chi connectivity index (χ0n) is 16.2. The van der Waals surface area contributed by atoms with Crippen LogP contribution < -0.4 is 4.90 Å². The monoisotopic (exact) mass is 412 g/mol. The van der Waals surface area contributed by atoms with E-state index >= 15 is 0 Å². The Labute approximate surface area is 172 Å². The number of amides is 3. The van der Waals surface area contributed by atoms with Gasteiger partial charge in [0.2, 0.25) is 11.8 Å². The number of benzene rings is 2. The van der Waals surface area contributed by atoms with Crippen molar-refractivity contribution < 1.29 is 28.7 Å². The molecule has 3 rings (SSSR count). The number of hydrogen-bond donors (Lipinski definition) is 1. The Hall–Kier alpha value is -3.55. The quantitative estimate of drug-likeness (QED) is 0.672. The highest BCUT2D eigenvalue weighted by Crippen LogP contribution is 2.26. The van der Waals surface area contributed by atoms with Gasteiger partial charge in [0.15, 0.2) is 0 Å². The molecule has 8 heteroatoms. The van der Waals surface area contributed by atoms with E-state index in [1.54, 1.807) is 0 Å². The summed E-state index contributed by atoms with van der Waals surface area (Å²) < 4.78 is 13.2. The van der Waals surface area contributed by atoms with Gasteiger partial charge in [0.25, 0.3) is 5.91 Å². The normalized spacial score (nSPS) is 16.0. The van der Waals surface area contributed by atoms with Gasteiger partial charge in [-0.05, 0) is 36.2 Å². The second-order valence-electron chi connectivity index (χ2n) is 6.98. The van der Waals surface area contributed by atoms with Crippen molar-refractivity contribution >= 4 is 29.4 Å². The summed E-state index contributed by atoms with van der Waals surface area (Å²) in [5.74, 6) is -3.19. The summed E-state index contributed by atoms with van der Waals surface area (Å²) in [6.07, 6.45) is -0.381. The molecule has 0 radical (unpaired) electrons. The first-order valence-electron chi connectivity index (χ1n) is 9.54. The Morgan fingerprint density at radius 1 is 1.03 bits per heavy atom. The fraction of sp³-hybridized carbons (Fsp3) is 0.273. The van der Waals surface area contributed by atoms with Gasteiger partial charge >= 0.3 is 5.97 Å². The Bertz CT molecular complexity index is 946. The number of anilines is 1. The van der Waals surface area contributed by atoms with Crippen LogP contribution in [0.25, 0.3) is 0 Å². The van der Waals surface area contributed by atoms with Gasteiger partial charge in [0.05, 0.1) is 18.5 Å². The van der Waals surface area contributed by atoms with E-state index in [4.69, 9.17) is 5.11 Å². The maximum absolute atomic E-state index is 13.2. The van der Waals surface area contributed by atoms with E-state index < -0.39 is 35.5 Å². The fourth-order valence-corrected chi connectivity index (χ4v) is 3.43. The molecule has 1 fully saturated rings. The molecule has 0 spiro atoms. The summed E-state index contributed by atoms with van der Waals surface area (Å²) in [4.78, 5) is 51.4. The van der Waals surface area contributed by atoms with E-state index in [1.807, 2.05) is 30.3 Å². The molecule has 1 heterocycles. The van der Waals surface area contributed by atoms with Crippen molar-refractivity contribution in [2.45, 2.75) is 31.7 Å². The minimum Gasteiger partial charge on any atom is -0.481 e. The van der Waals surface area contributed by atoms with Gasteiger partial charge in [-0.15, -0.1) is 0 Å². The Balaban J connectivity index is 1.81. The van der Waals surface area contributed by atoms with Gasteiger partial charge in [-0.3, -0.25) is 19.2 Å². The predicted octanol–water partition coefficient (Wildman–Crippen LogP) is 2.39. The van der Waals surface area contributed by atoms with Gasteiger partial charge in [-0.25, -0.2) is 9.29 Å². The van der Waals surface area contributed by atoms with Crippen molar-refractivity contribution in [3.8, 4) is 0 Å². The van der Waals surface area contributed by atoms with Crippen molar-refractivity contribution in [2.24, 2.45) is 0 Å². The van der Waals surface area contributed by atoms with Crippen LogP contribution >= 0.6 is 0 Å². The average Bonchev–Trinajstić information content (AvgIpc) is 3.02. The highest BCUT2D eigenvalue weighted by atomic mass is 19.1. The van der Waals surface area contributed by atoms with Crippen molar-refractivity contribution in [3.05, 3.63) is 66.0 Å². The molecule has 0 aliphatic carbocycles. The third kappa shape index (κ3) is 4.89. The number of halogens is 1. The number of carbonyl (C=O) groups is 4. The first kappa shape index (κ1) is 21.2. The van der Waals surface area contributed by atoms with Crippen molar-refractivity contribution in [2.75, 3.05) is 11.4 Å². The van der Waals surface area contributed by atoms with Gasteiger partial charge in [0, 0.05) is 13.0 Å². The minimum absolute atomic E-state index is 0.170. The fourth-order valence-electron chi connectivity index (χ4n) is 3.43. The standard InChI is InChI=1S/C22H21FN2O5/c23-16-6-8-17(9-7-16)25-20(27)14-18(22(25)30)24(19(26)10-11-21(28)29)13-12-15-4-2-1-3-5-15/h1-9,18H,10-14H2,(H,28,29). The maximum Gasteiger partial charge on any atom is 0.303 e. The number of imide groups is 1. The van der Waals surface area contributed by atoms with E-state index in [1.165, 1.54) is 17.0 Å². The van der Waals surface area contributed by atoms with E-state index in [-0.39, 0.29) is 31.5 Å². The van der Waals surface area contributed by atoms with E-state index in [0.717, 1.165) is 22.6 Å². The van der Waals surface area contributed by atoms with Crippen LogP contribution in [0.5, 0.6) is 0 Å². The van der Waals surface area contributed by atoms with Crippen molar-refractivity contribution in [3.63, 3.8) is 0 Å². The maximum atomic E-state index is 13.2. The topological polar surface area (TPSA) is 95.0 Å². The first-order chi connectivity index (χ1) is 14.4. The van der Waals surface area contributed by atoms with E-state index in [0.29, 0.717) is 6.42 Å². The minimum atomic E-state index is -1.12. The molecule has 30 heavy (non-hydrogen) atoms. The lowest BCUT2D eigenvalue weighted by Gasteiger charge is -2.27. The predicted molar refractivity (Wildman–Crippen MR) is 106 cm³/mol. The molecule has 0 aromatic heterocycles. The lowest BCUT2D eigenvalue weighted by atomic mass is 10.1. The largest absolute Gasteiger partial charge is 0.481 e. The summed E-state index contributed by atoms with van der Waals surface area (Å²) >= 11 is 0. The van der Waals surface area contributed by atoms with Crippen LogP contribution in [-0.2, 0) is 25.6 Å². The third-order valence-electron chi connectivity index (χ3n) is 4.94. The van der Waals surface area contributed by atoms with Gasteiger partial charge in [0.1, 0.15) is 11.9 Å². The summed E-state index contributed by atoms with van der Waals surface area (Å²) in [6, 6.07) is 13.3. The number of carboxylic acid groups (broad SMARTS) is 1. The van der Waals surface area contributed by atoms with Crippen LogP contribution in [0.15, 0.2) is 54.6 Å². The van der Waals surface area contributed by atoms with Crippen LogP contribution in [0.2, 0.25) is 0 Å². The summed E-state index contributed by atoms with van der Waals surface area (Å²) in [7, 11) is 0. The molecule has 0 saturated carbocycles. The summed E-state index contributed by atoms with van der Waals surface area (Å²) in [5, 5.41) is 8.89. The molecule has 2 aromatic rings. The number of carboxylic acids is 1. The second-order valence-corrected chi connectivity index (χ2v) is 6.98. The number of carbonyl (C=O) groups excluding carboxylic acids is 3. The average molecular weight is 412 g/mol. The molecule has 156 valence electrons. The summed E-state index contributed by atoms with van der Waals surface area (Å²) in [6.45, 7) is 0.170. The molecule has 3 amide bonds. The molecule has 1 atom stereocenters. The molecule has 1 unspecified atom stereocenters. The first-order valence-corrected chi connectivity index (χ1v) is 9.54. The van der Waals surface area contributed by atoms with Crippen LogP contribution in [0.3, 0.4) is 0 Å². The Kier molecular flexibility index (Phi) is 6.56. The zero-order chi connectivity index (χ0) is 21.7. The molecule has 1 aliphatic rings. The van der Waals surface area contributed by atoms with Gasteiger partial charge in [-0.1, -0.05) is 30.3 Å². The number of aliphatic carboxylic acids is 1. The second kappa shape index (κ2) is 9.30.